The molecule has 7 heavy (non-hydrogen) atoms. The lowest BCUT2D eigenvalue weighted by atomic mass is 10.6. The molecule has 0 aromatic carbocycles. The highest BCUT2D eigenvalue weighted by Gasteiger charge is 1.88. The Bertz CT molecular complexity index is 211. The zero-order valence-corrected chi connectivity index (χ0v) is 3.72. The number of hydrogen-bond donors (Lipinski definition) is 0. The second-order valence-corrected chi connectivity index (χ2v) is 1.11. The molecule has 0 atom stereocenters. The molecule has 0 saturated carbocycles. The van der Waals surface area contributed by atoms with Crippen molar-refractivity contribution < 1.29 is 10.2 Å². The van der Waals surface area contributed by atoms with Crippen LogP contribution < -0.4 is 5.82 Å². The van der Waals surface area contributed by atoms with Crippen molar-refractivity contribution in [3.63, 3.8) is 0 Å². The average Bonchev–Trinajstić information content (AvgIpc) is 1.85. The van der Waals surface area contributed by atoms with E-state index in [9.17, 15) is 4.79 Å². The highest BCUT2D eigenvalue weighted by Crippen LogP contribution is 1.87. The largest absolute Gasteiger partial charge is 0.518 e. The Morgan fingerprint density at radius 2 is 2.71 bits per heavy atom. The van der Waals surface area contributed by atoms with Gasteiger partial charge >= 0.3 is 5.82 Å². The van der Waals surface area contributed by atoms with E-state index < -0.39 is 5.82 Å². The smallest absolute Gasteiger partial charge is 0.399 e. The second kappa shape index (κ2) is 1.26. The van der Waals surface area contributed by atoms with Crippen LogP contribution in [0.3, 0.4) is 0 Å². The first kappa shape index (κ1) is 3.07. The zero-order chi connectivity index (χ0) is 6.15. The minimum absolute atomic E-state index is 0.199. The van der Waals surface area contributed by atoms with Crippen molar-refractivity contribution in [1.82, 2.24) is 0 Å². The Morgan fingerprint density at radius 3 is 2.86 bits per heavy atom. The molecule has 1 aromatic rings. The standard InChI is InChI=1S/C4H4O3/c1-3-2-6-4(5)7-3/h2H,1H3/i2D. The van der Waals surface area contributed by atoms with E-state index in [2.05, 4.69) is 8.83 Å². The van der Waals surface area contributed by atoms with Crippen LogP contribution in [0.2, 0.25) is 0 Å². The van der Waals surface area contributed by atoms with E-state index >= 15 is 0 Å². The molecule has 0 bridgehead atoms. The molecule has 38 valence electrons. The molecule has 3 heteroatoms. The van der Waals surface area contributed by atoms with E-state index in [0.29, 0.717) is 0 Å². The first-order valence-electron chi connectivity index (χ1n) is 2.27. The molecule has 0 aliphatic carbocycles. The molecule has 0 N–H and O–H groups in total. The van der Waals surface area contributed by atoms with Crippen molar-refractivity contribution in [3.8, 4) is 0 Å². The van der Waals surface area contributed by atoms with Crippen molar-refractivity contribution in [1.29, 1.82) is 0 Å². The molecule has 3 nitrogen and oxygen atoms in total. The first-order chi connectivity index (χ1) is 3.70. The zero-order valence-electron chi connectivity index (χ0n) is 4.72. The summed E-state index contributed by atoms with van der Waals surface area (Å²) in [5, 5.41) is 0. The third-order valence-electron chi connectivity index (χ3n) is 0.515. The summed E-state index contributed by atoms with van der Waals surface area (Å²) in [6, 6.07) is 0. The lowest BCUT2D eigenvalue weighted by molar-refractivity contribution is 0.378. The quantitative estimate of drug-likeness (QED) is 0.479. The summed E-state index contributed by atoms with van der Waals surface area (Å²) >= 11 is 0. The predicted octanol–water partition coefficient (Wildman–Crippen LogP) is 0.541. The van der Waals surface area contributed by atoms with Gasteiger partial charge in [-0.2, -0.15) is 0 Å². The van der Waals surface area contributed by atoms with E-state index in [1.807, 2.05) is 0 Å². The van der Waals surface area contributed by atoms with Gasteiger partial charge in [-0.1, -0.05) is 0 Å². The molecule has 0 spiro atoms. The topological polar surface area (TPSA) is 43.4 Å². The molecule has 1 aromatic heterocycles. The third-order valence-corrected chi connectivity index (χ3v) is 0.515. The Morgan fingerprint density at radius 1 is 2.00 bits per heavy atom. The molecule has 1 heterocycles. The van der Waals surface area contributed by atoms with Crippen LogP contribution in [-0.4, -0.2) is 0 Å². The maximum atomic E-state index is 10.1. The minimum Gasteiger partial charge on any atom is -0.399 e. The van der Waals surface area contributed by atoms with E-state index in [0.717, 1.165) is 0 Å². The van der Waals surface area contributed by atoms with Crippen LogP contribution in [0.4, 0.5) is 0 Å². The van der Waals surface area contributed by atoms with Gasteiger partial charge in [0.05, 0.1) is 0 Å². The fraction of sp³-hybridized carbons (Fsp3) is 0.250. The van der Waals surface area contributed by atoms with Gasteiger partial charge in [-0.05, 0) is 6.92 Å². The van der Waals surface area contributed by atoms with Gasteiger partial charge in [0.15, 0.2) is 0 Å². The molecule has 0 radical (unpaired) electrons. The summed E-state index contributed by atoms with van der Waals surface area (Å²) in [6.07, 6.45) is -0.199. The van der Waals surface area contributed by atoms with Crippen LogP contribution in [0.5, 0.6) is 0 Å². The molecule has 0 aliphatic heterocycles. The van der Waals surface area contributed by atoms with E-state index in [4.69, 9.17) is 1.37 Å². The minimum atomic E-state index is -0.813. The van der Waals surface area contributed by atoms with E-state index in [-0.39, 0.29) is 12.0 Å². The van der Waals surface area contributed by atoms with Gasteiger partial charge in [0.25, 0.3) is 0 Å². The highest BCUT2D eigenvalue weighted by atomic mass is 16.6. The van der Waals surface area contributed by atoms with Crippen LogP contribution >= 0.6 is 0 Å². The summed E-state index contributed by atoms with van der Waals surface area (Å²) in [5.74, 6) is -0.595. The Balaban J connectivity index is 3.35. The highest BCUT2D eigenvalue weighted by molar-refractivity contribution is 4.77. The fourth-order valence-electron chi connectivity index (χ4n) is 0.280. The molecule has 1 rings (SSSR count). The molecular formula is C4H4O3. The van der Waals surface area contributed by atoms with Gasteiger partial charge in [0.1, 0.15) is 13.4 Å². The molecular weight excluding hydrogens is 96.0 g/mol. The summed E-state index contributed by atoms with van der Waals surface area (Å²) in [4.78, 5) is 10.1. The Hall–Kier alpha value is -0.990. The molecule has 0 saturated heterocycles. The van der Waals surface area contributed by atoms with Gasteiger partial charge in [-0.15, -0.1) is 0 Å². The van der Waals surface area contributed by atoms with Gasteiger partial charge in [-0.3, -0.25) is 0 Å². The average molecular weight is 101 g/mol. The van der Waals surface area contributed by atoms with Crippen LogP contribution in [0.15, 0.2) is 19.9 Å². The maximum absolute atomic E-state index is 10.1. The van der Waals surface area contributed by atoms with Gasteiger partial charge in [0.2, 0.25) is 0 Å². The summed E-state index contributed by atoms with van der Waals surface area (Å²) in [7, 11) is 0. The second-order valence-electron chi connectivity index (χ2n) is 1.11. The monoisotopic (exact) mass is 101 g/mol. The SMILES string of the molecule is [2H]c1oc(=O)oc1C. The normalized spacial score (nSPS) is 11.3. The van der Waals surface area contributed by atoms with Crippen molar-refractivity contribution in [3.05, 3.63) is 22.6 Å². The van der Waals surface area contributed by atoms with Crippen LogP contribution in [0.25, 0.3) is 0 Å². The van der Waals surface area contributed by atoms with Gasteiger partial charge < -0.3 is 8.83 Å². The number of aryl methyl sites for hydroxylation is 1. The first-order valence-corrected chi connectivity index (χ1v) is 1.77. The lowest BCUT2D eigenvalue weighted by Gasteiger charge is -1.63. The number of hydrogen-bond acceptors (Lipinski definition) is 3. The van der Waals surface area contributed by atoms with Gasteiger partial charge in [0, 0.05) is 0 Å². The summed E-state index contributed by atoms with van der Waals surface area (Å²) < 4.78 is 15.2. The van der Waals surface area contributed by atoms with Crippen molar-refractivity contribution in [2.75, 3.05) is 0 Å². The third kappa shape index (κ3) is 0.707. The van der Waals surface area contributed by atoms with Crippen molar-refractivity contribution in [2.24, 2.45) is 0 Å². The van der Waals surface area contributed by atoms with E-state index in [1.54, 1.807) is 0 Å². The van der Waals surface area contributed by atoms with Crippen LogP contribution in [-0.2, 0) is 0 Å². The van der Waals surface area contributed by atoms with Crippen molar-refractivity contribution in [2.45, 2.75) is 6.92 Å². The Labute approximate surface area is 41.0 Å². The van der Waals surface area contributed by atoms with E-state index in [1.165, 1.54) is 6.92 Å². The van der Waals surface area contributed by atoms with Gasteiger partial charge in [-0.25, -0.2) is 4.79 Å². The molecule has 0 fully saturated rings. The summed E-state index contributed by atoms with van der Waals surface area (Å²) in [6.45, 7) is 1.49. The van der Waals surface area contributed by atoms with Crippen LogP contribution in [0, 0.1) is 6.92 Å². The van der Waals surface area contributed by atoms with Crippen LogP contribution in [0.1, 0.15) is 7.13 Å². The predicted molar refractivity (Wildman–Crippen MR) is 22.0 cm³/mol. The van der Waals surface area contributed by atoms with Crippen molar-refractivity contribution >= 4 is 0 Å². The molecule has 0 amide bonds. The maximum Gasteiger partial charge on any atom is 0.518 e. The fourth-order valence-corrected chi connectivity index (χ4v) is 0.280. The molecule has 0 aliphatic rings. The molecule has 0 unspecified atom stereocenters. The Kier molecular flexibility index (Phi) is 0.551. The number of rotatable bonds is 0. The lowest BCUT2D eigenvalue weighted by Crippen LogP contribution is -1.84. The summed E-state index contributed by atoms with van der Waals surface area (Å²) in [5.41, 5.74) is 0.